The van der Waals surface area contributed by atoms with Gasteiger partial charge in [-0.15, -0.1) is 0 Å². The molecular formula is C14H16N2O4S. The Morgan fingerprint density at radius 3 is 2.52 bits per heavy atom. The summed E-state index contributed by atoms with van der Waals surface area (Å²) in [6.45, 7) is -0.362. The molecule has 0 spiro atoms. The van der Waals surface area contributed by atoms with Crippen LogP contribution in [0.1, 0.15) is 5.56 Å². The molecule has 0 saturated heterocycles. The van der Waals surface area contributed by atoms with Gasteiger partial charge >= 0.3 is 0 Å². The second-order valence-electron chi connectivity index (χ2n) is 4.56. The maximum Gasteiger partial charge on any atom is 0.246 e. The molecule has 1 heterocycles. The van der Waals surface area contributed by atoms with Crippen LogP contribution in [0.15, 0.2) is 58.5 Å². The van der Waals surface area contributed by atoms with Crippen LogP contribution in [0.3, 0.4) is 0 Å². The van der Waals surface area contributed by atoms with E-state index in [4.69, 9.17) is 0 Å². The molecule has 0 amide bonds. The van der Waals surface area contributed by atoms with Crippen molar-refractivity contribution in [1.29, 1.82) is 0 Å². The summed E-state index contributed by atoms with van der Waals surface area (Å²) in [5.41, 5.74) is 0.291. The minimum absolute atomic E-state index is 0.335. The zero-order chi connectivity index (χ0) is 15.3. The van der Waals surface area contributed by atoms with Gasteiger partial charge in [0.15, 0.2) is 0 Å². The minimum atomic E-state index is -3.98. The summed E-state index contributed by atoms with van der Waals surface area (Å²) in [5, 5.41) is 9.35. The van der Waals surface area contributed by atoms with Gasteiger partial charge < -0.3 is 10.1 Å². The Labute approximate surface area is 122 Å². The first-order chi connectivity index (χ1) is 10.0. The summed E-state index contributed by atoms with van der Waals surface area (Å²) < 4.78 is 26.7. The van der Waals surface area contributed by atoms with E-state index in [0.717, 1.165) is 17.8 Å². The molecule has 0 aliphatic carbocycles. The Morgan fingerprint density at radius 2 is 1.90 bits per heavy atom. The highest BCUT2D eigenvalue weighted by molar-refractivity contribution is 7.89. The lowest BCUT2D eigenvalue weighted by Gasteiger charge is -2.16. The van der Waals surface area contributed by atoms with Crippen LogP contribution >= 0.6 is 0 Å². The number of aliphatic hydroxyl groups excluding tert-OH is 1. The maximum atomic E-state index is 12.2. The van der Waals surface area contributed by atoms with Gasteiger partial charge in [0.25, 0.3) is 0 Å². The smallest absolute Gasteiger partial charge is 0.246 e. The van der Waals surface area contributed by atoms with Gasteiger partial charge in [-0.2, -0.15) is 0 Å². The molecule has 2 rings (SSSR count). The first kappa shape index (κ1) is 15.4. The van der Waals surface area contributed by atoms with E-state index < -0.39 is 21.5 Å². The zero-order valence-electron chi connectivity index (χ0n) is 11.2. The van der Waals surface area contributed by atoms with E-state index in [9.17, 15) is 18.3 Å². The molecule has 1 aromatic heterocycles. The van der Waals surface area contributed by atoms with E-state index in [0.29, 0.717) is 6.42 Å². The lowest BCUT2D eigenvalue weighted by Crippen LogP contribution is -2.40. The largest absolute Gasteiger partial charge is 0.395 e. The van der Waals surface area contributed by atoms with E-state index in [1.807, 2.05) is 30.3 Å². The summed E-state index contributed by atoms with van der Waals surface area (Å²) in [7, 11) is -3.98. The Morgan fingerprint density at radius 1 is 1.19 bits per heavy atom. The van der Waals surface area contributed by atoms with Crippen molar-refractivity contribution in [2.45, 2.75) is 17.4 Å². The number of benzene rings is 1. The highest BCUT2D eigenvalue weighted by Crippen LogP contribution is 2.07. The van der Waals surface area contributed by atoms with Crippen molar-refractivity contribution in [1.82, 2.24) is 9.71 Å². The van der Waals surface area contributed by atoms with Gasteiger partial charge in [-0.25, -0.2) is 13.1 Å². The van der Waals surface area contributed by atoms with Crippen LogP contribution in [0.25, 0.3) is 0 Å². The average Bonchev–Trinajstić information content (AvgIpc) is 2.47. The molecule has 0 fully saturated rings. The van der Waals surface area contributed by atoms with E-state index >= 15 is 0 Å². The molecule has 21 heavy (non-hydrogen) atoms. The normalized spacial score (nSPS) is 13.0. The van der Waals surface area contributed by atoms with Crippen molar-refractivity contribution >= 4 is 10.0 Å². The van der Waals surface area contributed by atoms with Crippen molar-refractivity contribution in [2.24, 2.45) is 0 Å². The average molecular weight is 308 g/mol. The molecule has 6 nitrogen and oxygen atoms in total. The predicted molar refractivity (Wildman–Crippen MR) is 78.4 cm³/mol. The Balaban J connectivity index is 2.18. The molecule has 0 unspecified atom stereocenters. The van der Waals surface area contributed by atoms with Crippen LogP contribution < -0.4 is 10.2 Å². The maximum absolute atomic E-state index is 12.2. The van der Waals surface area contributed by atoms with Gasteiger partial charge in [-0.05, 0) is 12.0 Å². The Hall–Kier alpha value is -1.96. The second-order valence-corrected chi connectivity index (χ2v) is 6.25. The number of aromatic amines is 1. The van der Waals surface area contributed by atoms with E-state index in [2.05, 4.69) is 9.71 Å². The van der Waals surface area contributed by atoms with Crippen LogP contribution in [0, 0.1) is 0 Å². The van der Waals surface area contributed by atoms with Crippen molar-refractivity contribution in [3.8, 4) is 0 Å². The molecule has 0 radical (unpaired) electrons. The highest BCUT2D eigenvalue weighted by Gasteiger charge is 2.22. The van der Waals surface area contributed by atoms with Crippen LogP contribution in [-0.2, 0) is 16.4 Å². The predicted octanol–water partition coefficient (Wildman–Crippen LogP) is 0.257. The van der Waals surface area contributed by atoms with Crippen LogP contribution in [0.4, 0.5) is 0 Å². The first-order valence-electron chi connectivity index (χ1n) is 6.37. The minimum Gasteiger partial charge on any atom is -0.395 e. The van der Waals surface area contributed by atoms with E-state index in [-0.39, 0.29) is 11.5 Å². The molecule has 0 aliphatic heterocycles. The number of nitrogens with one attached hydrogen (secondary N) is 2. The van der Waals surface area contributed by atoms with Gasteiger partial charge in [0.05, 0.1) is 6.61 Å². The van der Waals surface area contributed by atoms with Gasteiger partial charge in [0.1, 0.15) is 4.90 Å². The van der Waals surface area contributed by atoms with Crippen LogP contribution in [-0.4, -0.2) is 31.2 Å². The topological polar surface area (TPSA) is 99.3 Å². The summed E-state index contributed by atoms with van der Waals surface area (Å²) in [4.78, 5) is 13.8. The number of aliphatic hydroxyl groups is 1. The van der Waals surface area contributed by atoms with Gasteiger partial charge in [-0.3, -0.25) is 4.79 Å². The lowest BCUT2D eigenvalue weighted by atomic mass is 10.1. The fourth-order valence-corrected chi connectivity index (χ4v) is 3.22. The molecule has 0 bridgehead atoms. The Kier molecular flexibility index (Phi) is 4.89. The van der Waals surface area contributed by atoms with Crippen LogP contribution in [0.5, 0.6) is 0 Å². The number of rotatable bonds is 6. The highest BCUT2D eigenvalue weighted by atomic mass is 32.2. The van der Waals surface area contributed by atoms with E-state index in [1.54, 1.807) is 0 Å². The summed E-state index contributed by atoms with van der Waals surface area (Å²) in [6.07, 6.45) is 2.82. The zero-order valence-corrected chi connectivity index (χ0v) is 12.0. The molecule has 7 heteroatoms. The van der Waals surface area contributed by atoms with Crippen LogP contribution in [0.2, 0.25) is 0 Å². The molecule has 0 aliphatic rings. The monoisotopic (exact) mass is 308 g/mol. The molecule has 1 aromatic carbocycles. The van der Waals surface area contributed by atoms with Crippen molar-refractivity contribution in [3.05, 3.63) is 64.6 Å². The number of H-pyrrole nitrogens is 1. The number of hydrogen-bond donors (Lipinski definition) is 3. The fourth-order valence-electron chi connectivity index (χ4n) is 1.94. The summed E-state index contributed by atoms with van der Waals surface area (Å²) in [5.74, 6) is 0. The fraction of sp³-hybridized carbons (Fsp3) is 0.214. The number of sulfonamides is 1. The van der Waals surface area contributed by atoms with E-state index in [1.165, 1.54) is 6.20 Å². The van der Waals surface area contributed by atoms with Crippen molar-refractivity contribution in [3.63, 3.8) is 0 Å². The molecule has 0 saturated carbocycles. The molecular weight excluding hydrogens is 292 g/mol. The summed E-state index contributed by atoms with van der Waals surface area (Å²) in [6, 6.07) is 9.64. The van der Waals surface area contributed by atoms with Crippen molar-refractivity contribution in [2.75, 3.05) is 6.61 Å². The first-order valence-corrected chi connectivity index (χ1v) is 7.85. The Bertz CT molecular complexity index is 741. The third-order valence-corrected chi connectivity index (χ3v) is 4.49. The molecule has 112 valence electrons. The number of hydrogen-bond acceptors (Lipinski definition) is 4. The number of aromatic nitrogens is 1. The second kappa shape index (κ2) is 6.66. The standard InChI is InChI=1S/C14H16N2O4S/c17-10-12(8-11-4-2-1-3-5-11)16-21(19,20)14-9-15-7-6-13(14)18/h1-7,9,12,16-17H,8,10H2,(H,15,18)/t12-/m0/s1. The third-order valence-electron chi connectivity index (χ3n) is 2.94. The van der Waals surface area contributed by atoms with Crippen molar-refractivity contribution < 1.29 is 13.5 Å². The number of pyridine rings is 1. The van der Waals surface area contributed by atoms with Gasteiger partial charge in [0, 0.05) is 24.5 Å². The molecule has 1 atom stereocenters. The van der Waals surface area contributed by atoms with Gasteiger partial charge in [0.2, 0.25) is 15.5 Å². The third kappa shape index (κ3) is 4.01. The summed E-state index contributed by atoms with van der Waals surface area (Å²) >= 11 is 0. The lowest BCUT2D eigenvalue weighted by molar-refractivity contribution is 0.256. The van der Waals surface area contributed by atoms with Gasteiger partial charge in [-0.1, -0.05) is 30.3 Å². The quantitative estimate of drug-likeness (QED) is 0.712. The molecule has 3 N–H and O–H groups in total. The molecule has 2 aromatic rings. The SMILES string of the molecule is O=c1cc[nH]cc1S(=O)(=O)N[C@H](CO)Cc1ccccc1.